The molecule has 0 amide bonds. The second-order valence-electron chi connectivity index (χ2n) is 4.96. The Balaban J connectivity index is 1.99. The van der Waals surface area contributed by atoms with E-state index in [1.807, 2.05) is 6.07 Å². The molecule has 1 unspecified atom stereocenters. The van der Waals surface area contributed by atoms with Crippen LogP contribution in [-0.2, 0) is 6.42 Å². The smallest absolute Gasteiger partial charge is 0.193 e. The maximum atomic E-state index is 5.92. The number of ether oxygens (including phenoxy) is 1. The minimum atomic E-state index is -0.0181. The van der Waals surface area contributed by atoms with Gasteiger partial charge in [-0.25, -0.2) is 0 Å². The zero-order chi connectivity index (χ0) is 13.9. The molecule has 0 spiro atoms. The van der Waals surface area contributed by atoms with Gasteiger partial charge in [0.15, 0.2) is 5.22 Å². The van der Waals surface area contributed by atoms with Crippen LogP contribution in [0.15, 0.2) is 34.7 Å². The lowest BCUT2D eigenvalue weighted by Crippen LogP contribution is -2.23. The Morgan fingerprint density at radius 3 is 2.95 bits per heavy atom. The van der Waals surface area contributed by atoms with Crippen molar-refractivity contribution in [1.82, 2.24) is 5.32 Å². The van der Waals surface area contributed by atoms with Crippen LogP contribution >= 0.6 is 11.6 Å². The van der Waals surface area contributed by atoms with Crippen molar-refractivity contribution in [1.29, 1.82) is 0 Å². The number of para-hydroxylation sites is 1. The van der Waals surface area contributed by atoms with Gasteiger partial charge in [-0.2, -0.15) is 0 Å². The van der Waals surface area contributed by atoms with E-state index >= 15 is 0 Å². The lowest BCUT2D eigenvalue weighted by Gasteiger charge is -2.19. The second kappa shape index (κ2) is 5.90. The van der Waals surface area contributed by atoms with Gasteiger partial charge in [0.1, 0.15) is 11.5 Å². The van der Waals surface area contributed by atoms with E-state index in [-0.39, 0.29) is 6.04 Å². The van der Waals surface area contributed by atoms with E-state index in [1.54, 1.807) is 6.07 Å². The first-order valence-corrected chi connectivity index (χ1v) is 7.40. The number of halogens is 1. The van der Waals surface area contributed by atoms with Crippen molar-refractivity contribution in [3.8, 4) is 5.75 Å². The Labute approximate surface area is 123 Å². The second-order valence-corrected chi connectivity index (χ2v) is 5.34. The SMILES string of the molecule is CCCNC(c1ccc(Cl)o1)c1cccc2c1OCC2. The summed E-state index contributed by atoms with van der Waals surface area (Å²) >= 11 is 5.92. The van der Waals surface area contributed by atoms with Crippen molar-refractivity contribution in [2.75, 3.05) is 13.2 Å². The third kappa shape index (κ3) is 2.56. The molecule has 3 nitrogen and oxygen atoms in total. The molecule has 1 aliphatic rings. The highest BCUT2D eigenvalue weighted by Crippen LogP contribution is 2.37. The zero-order valence-electron chi connectivity index (χ0n) is 11.5. The first-order chi connectivity index (χ1) is 9.79. The number of hydrogen-bond acceptors (Lipinski definition) is 3. The van der Waals surface area contributed by atoms with Crippen LogP contribution in [0.2, 0.25) is 5.22 Å². The molecule has 0 bridgehead atoms. The number of hydrogen-bond donors (Lipinski definition) is 1. The van der Waals surface area contributed by atoms with E-state index in [0.29, 0.717) is 5.22 Å². The first-order valence-electron chi connectivity index (χ1n) is 7.02. The van der Waals surface area contributed by atoms with Crippen LogP contribution in [0.25, 0.3) is 0 Å². The summed E-state index contributed by atoms with van der Waals surface area (Å²) in [5.74, 6) is 1.82. The van der Waals surface area contributed by atoms with Crippen molar-refractivity contribution in [3.05, 3.63) is 52.4 Å². The van der Waals surface area contributed by atoms with Crippen molar-refractivity contribution < 1.29 is 9.15 Å². The zero-order valence-corrected chi connectivity index (χ0v) is 12.2. The average molecular weight is 292 g/mol. The predicted octanol–water partition coefficient (Wildman–Crippen LogP) is 3.96. The van der Waals surface area contributed by atoms with Crippen LogP contribution in [0, 0.1) is 0 Å². The molecular formula is C16H18ClNO2. The Hall–Kier alpha value is -1.45. The van der Waals surface area contributed by atoms with Crippen LogP contribution < -0.4 is 10.1 Å². The average Bonchev–Trinajstić information content (AvgIpc) is 3.08. The molecule has 2 heterocycles. The first kappa shape index (κ1) is 13.5. The van der Waals surface area contributed by atoms with Gasteiger partial charge >= 0.3 is 0 Å². The summed E-state index contributed by atoms with van der Waals surface area (Å²) in [6, 6.07) is 9.97. The quantitative estimate of drug-likeness (QED) is 0.905. The summed E-state index contributed by atoms with van der Waals surface area (Å²) < 4.78 is 11.4. The van der Waals surface area contributed by atoms with Crippen molar-refractivity contribution in [2.45, 2.75) is 25.8 Å². The summed E-state index contributed by atoms with van der Waals surface area (Å²) in [7, 11) is 0. The molecule has 2 aromatic rings. The maximum absolute atomic E-state index is 5.92. The minimum Gasteiger partial charge on any atom is -0.493 e. The number of furan rings is 1. The topological polar surface area (TPSA) is 34.4 Å². The number of nitrogens with one attached hydrogen (secondary N) is 1. The third-order valence-electron chi connectivity index (χ3n) is 3.53. The van der Waals surface area contributed by atoms with Gasteiger partial charge in [0.2, 0.25) is 0 Å². The molecule has 0 fully saturated rings. The van der Waals surface area contributed by atoms with Gasteiger partial charge in [0.05, 0.1) is 12.6 Å². The molecule has 1 atom stereocenters. The fraction of sp³-hybridized carbons (Fsp3) is 0.375. The molecule has 1 aromatic carbocycles. The van der Waals surface area contributed by atoms with Crippen molar-refractivity contribution in [3.63, 3.8) is 0 Å². The molecule has 1 N–H and O–H groups in total. The maximum Gasteiger partial charge on any atom is 0.193 e. The Morgan fingerprint density at radius 2 is 2.20 bits per heavy atom. The molecular weight excluding hydrogens is 274 g/mol. The lowest BCUT2D eigenvalue weighted by molar-refractivity contribution is 0.347. The highest BCUT2D eigenvalue weighted by atomic mass is 35.5. The predicted molar refractivity (Wildman–Crippen MR) is 79.5 cm³/mol. The van der Waals surface area contributed by atoms with Gasteiger partial charge in [-0.1, -0.05) is 25.1 Å². The van der Waals surface area contributed by atoms with Gasteiger partial charge in [-0.15, -0.1) is 0 Å². The van der Waals surface area contributed by atoms with E-state index in [9.17, 15) is 0 Å². The summed E-state index contributed by atoms with van der Waals surface area (Å²) in [5, 5.41) is 3.93. The van der Waals surface area contributed by atoms with Gasteiger partial charge in [-0.05, 0) is 42.3 Å². The molecule has 106 valence electrons. The summed E-state index contributed by atoms with van der Waals surface area (Å²) in [6.45, 7) is 3.81. The highest BCUT2D eigenvalue weighted by Gasteiger charge is 2.25. The molecule has 4 heteroatoms. The fourth-order valence-corrected chi connectivity index (χ4v) is 2.76. The summed E-state index contributed by atoms with van der Waals surface area (Å²) in [6.07, 6.45) is 2.03. The molecule has 1 aromatic heterocycles. The van der Waals surface area contributed by atoms with E-state index in [2.05, 4.69) is 30.4 Å². The minimum absolute atomic E-state index is 0.0181. The molecule has 3 rings (SSSR count). The summed E-state index contributed by atoms with van der Waals surface area (Å²) in [4.78, 5) is 0. The monoisotopic (exact) mass is 291 g/mol. The largest absolute Gasteiger partial charge is 0.493 e. The number of fused-ring (bicyclic) bond motifs is 1. The Bertz CT molecular complexity index is 594. The van der Waals surface area contributed by atoms with E-state index in [4.69, 9.17) is 20.8 Å². The molecule has 0 aliphatic carbocycles. The molecule has 0 saturated carbocycles. The van der Waals surface area contributed by atoms with E-state index < -0.39 is 0 Å². The standard InChI is InChI=1S/C16H18ClNO2/c1-2-9-18-15(13-6-7-14(17)20-13)12-5-3-4-11-8-10-19-16(11)12/h3-7,15,18H,2,8-10H2,1H3. The molecule has 20 heavy (non-hydrogen) atoms. The van der Waals surface area contributed by atoms with Crippen LogP contribution in [0.1, 0.15) is 36.3 Å². The summed E-state index contributed by atoms with van der Waals surface area (Å²) in [5.41, 5.74) is 2.39. The Morgan fingerprint density at radius 1 is 1.30 bits per heavy atom. The van der Waals surface area contributed by atoms with Gasteiger partial charge in [0, 0.05) is 12.0 Å². The van der Waals surface area contributed by atoms with E-state index in [1.165, 1.54) is 5.56 Å². The van der Waals surface area contributed by atoms with Gasteiger partial charge in [0.25, 0.3) is 0 Å². The van der Waals surface area contributed by atoms with Crippen LogP contribution in [0.4, 0.5) is 0 Å². The molecule has 0 saturated heterocycles. The fourth-order valence-electron chi connectivity index (χ4n) is 2.60. The van der Waals surface area contributed by atoms with E-state index in [0.717, 1.165) is 43.1 Å². The molecule has 0 radical (unpaired) electrons. The van der Waals surface area contributed by atoms with Crippen molar-refractivity contribution in [2.24, 2.45) is 0 Å². The lowest BCUT2D eigenvalue weighted by atomic mass is 10.00. The van der Waals surface area contributed by atoms with Crippen LogP contribution in [0.3, 0.4) is 0 Å². The normalized spacial score (nSPS) is 14.9. The Kier molecular flexibility index (Phi) is 3.99. The van der Waals surface area contributed by atoms with Gasteiger partial charge < -0.3 is 14.5 Å². The van der Waals surface area contributed by atoms with Crippen LogP contribution in [-0.4, -0.2) is 13.2 Å². The van der Waals surface area contributed by atoms with Crippen molar-refractivity contribution >= 4 is 11.6 Å². The van der Waals surface area contributed by atoms with Crippen LogP contribution in [0.5, 0.6) is 5.75 Å². The molecule has 1 aliphatic heterocycles. The number of benzene rings is 1. The number of rotatable bonds is 5. The third-order valence-corrected chi connectivity index (χ3v) is 3.74. The highest BCUT2D eigenvalue weighted by molar-refractivity contribution is 6.28. The van der Waals surface area contributed by atoms with Gasteiger partial charge in [-0.3, -0.25) is 0 Å².